The average molecular weight is 345 g/mol. The minimum atomic E-state index is -0.961. The van der Waals surface area contributed by atoms with Gasteiger partial charge in [0.05, 0.1) is 13.0 Å². The van der Waals surface area contributed by atoms with Crippen LogP contribution >= 0.6 is 0 Å². The van der Waals surface area contributed by atoms with E-state index in [2.05, 4.69) is 5.32 Å². The summed E-state index contributed by atoms with van der Waals surface area (Å²) >= 11 is 0. The molecule has 0 saturated carbocycles. The number of halogens is 1. The third-order valence-corrected chi connectivity index (χ3v) is 3.39. The number of benzene rings is 2. The molecule has 1 amide bonds. The lowest BCUT2D eigenvalue weighted by molar-refractivity contribution is -0.153. The Morgan fingerprint density at radius 3 is 2.36 bits per heavy atom. The molecule has 0 fully saturated rings. The van der Waals surface area contributed by atoms with Crippen LogP contribution in [0, 0.1) is 12.7 Å². The molecule has 132 valence electrons. The Morgan fingerprint density at radius 1 is 1.08 bits per heavy atom. The highest BCUT2D eigenvalue weighted by Gasteiger charge is 2.18. The minimum absolute atomic E-state index is 0.0298. The van der Waals surface area contributed by atoms with Crippen LogP contribution in [0.4, 0.5) is 10.1 Å². The quantitative estimate of drug-likeness (QED) is 0.781. The van der Waals surface area contributed by atoms with E-state index in [0.29, 0.717) is 11.4 Å². The summed E-state index contributed by atoms with van der Waals surface area (Å²) in [6.45, 7) is 3.60. The summed E-state index contributed by atoms with van der Waals surface area (Å²) in [5.74, 6) is -0.750. The van der Waals surface area contributed by atoms with Crippen LogP contribution in [0.3, 0.4) is 0 Å². The van der Waals surface area contributed by atoms with Gasteiger partial charge in [-0.25, -0.2) is 4.39 Å². The molecule has 2 aromatic rings. The predicted molar refractivity (Wildman–Crippen MR) is 91.9 cm³/mol. The number of nitrogens with one attached hydrogen (secondary N) is 1. The lowest BCUT2D eigenvalue weighted by Crippen LogP contribution is -2.30. The molecule has 2 rings (SSSR count). The van der Waals surface area contributed by atoms with Gasteiger partial charge < -0.3 is 14.8 Å². The van der Waals surface area contributed by atoms with Gasteiger partial charge in [-0.3, -0.25) is 9.59 Å². The highest BCUT2D eigenvalue weighted by molar-refractivity contribution is 5.95. The Kier molecular flexibility index (Phi) is 6.51. The zero-order valence-electron chi connectivity index (χ0n) is 14.1. The van der Waals surface area contributed by atoms with Gasteiger partial charge >= 0.3 is 5.97 Å². The molecule has 0 aliphatic rings. The number of anilines is 1. The van der Waals surface area contributed by atoms with Crippen molar-refractivity contribution in [2.24, 2.45) is 0 Å². The number of rotatable bonds is 7. The summed E-state index contributed by atoms with van der Waals surface area (Å²) in [6, 6.07) is 12.8. The molecule has 0 radical (unpaired) electrons. The monoisotopic (exact) mass is 345 g/mol. The number of hydrogen-bond acceptors (Lipinski definition) is 4. The summed E-state index contributed by atoms with van der Waals surface area (Å²) in [6.07, 6.45) is -0.931. The number of aryl methyl sites for hydroxylation is 1. The lowest BCUT2D eigenvalue weighted by atomic mass is 10.2. The molecular formula is C19H20FNO4. The number of ether oxygens (including phenoxy) is 2. The first-order valence-corrected chi connectivity index (χ1v) is 7.89. The normalized spacial score (nSPS) is 11.5. The Bertz CT molecular complexity index is 713. The minimum Gasteiger partial charge on any atom is -0.493 e. The van der Waals surface area contributed by atoms with E-state index in [-0.39, 0.29) is 13.0 Å². The summed E-state index contributed by atoms with van der Waals surface area (Å²) < 4.78 is 23.3. The Balaban J connectivity index is 1.72. The van der Waals surface area contributed by atoms with Crippen LogP contribution in [0.25, 0.3) is 0 Å². The highest BCUT2D eigenvalue weighted by atomic mass is 19.1. The first-order chi connectivity index (χ1) is 11.9. The number of hydrogen-bond donors (Lipinski definition) is 1. The van der Waals surface area contributed by atoms with Gasteiger partial charge in [0.25, 0.3) is 5.91 Å². The zero-order valence-corrected chi connectivity index (χ0v) is 14.1. The number of esters is 1. The SMILES string of the molecule is Cc1ccc(OCCC(=O)O[C@@H](C)C(=O)Nc2ccc(F)cc2)cc1. The molecule has 0 unspecified atom stereocenters. The number of amides is 1. The van der Waals surface area contributed by atoms with Gasteiger partial charge in [0, 0.05) is 5.69 Å². The molecule has 0 spiro atoms. The molecule has 0 aliphatic carbocycles. The van der Waals surface area contributed by atoms with Crippen molar-refractivity contribution in [2.45, 2.75) is 26.4 Å². The molecule has 0 heterocycles. The van der Waals surface area contributed by atoms with Crippen molar-refractivity contribution in [2.75, 3.05) is 11.9 Å². The van der Waals surface area contributed by atoms with Gasteiger partial charge in [-0.2, -0.15) is 0 Å². The van der Waals surface area contributed by atoms with Crippen molar-refractivity contribution in [1.82, 2.24) is 0 Å². The topological polar surface area (TPSA) is 64.6 Å². The second-order valence-corrected chi connectivity index (χ2v) is 5.54. The van der Waals surface area contributed by atoms with Crippen LogP contribution in [-0.2, 0) is 14.3 Å². The summed E-state index contributed by atoms with van der Waals surface area (Å²) in [5, 5.41) is 2.55. The molecule has 0 aromatic heterocycles. The third kappa shape index (κ3) is 6.25. The molecule has 1 atom stereocenters. The van der Waals surface area contributed by atoms with E-state index in [9.17, 15) is 14.0 Å². The zero-order chi connectivity index (χ0) is 18.2. The van der Waals surface area contributed by atoms with E-state index in [1.165, 1.54) is 31.2 Å². The first-order valence-electron chi connectivity index (χ1n) is 7.89. The molecule has 25 heavy (non-hydrogen) atoms. The molecule has 6 heteroatoms. The van der Waals surface area contributed by atoms with Crippen molar-refractivity contribution in [3.8, 4) is 5.75 Å². The van der Waals surface area contributed by atoms with Crippen molar-refractivity contribution in [1.29, 1.82) is 0 Å². The third-order valence-electron chi connectivity index (χ3n) is 3.39. The molecular weight excluding hydrogens is 325 g/mol. The lowest BCUT2D eigenvalue weighted by Gasteiger charge is -2.14. The van der Waals surface area contributed by atoms with Gasteiger partial charge in [-0.05, 0) is 50.2 Å². The van der Waals surface area contributed by atoms with E-state index >= 15 is 0 Å². The second kappa shape index (κ2) is 8.82. The molecule has 0 saturated heterocycles. The average Bonchev–Trinajstić information content (AvgIpc) is 2.58. The van der Waals surface area contributed by atoms with E-state index in [4.69, 9.17) is 9.47 Å². The second-order valence-electron chi connectivity index (χ2n) is 5.54. The van der Waals surface area contributed by atoms with Gasteiger partial charge in [0.1, 0.15) is 11.6 Å². The maximum Gasteiger partial charge on any atom is 0.310 e. The summed E-state index contributed by atoms with van der Waals surface area (Å²) in [7, 11) is 0. The van der Waals surface area contributed by atoms with Crippen LogP contribution in [0.5, 0.6) is 5.75 Å². The number of carbonyl (C=O) groups is 2. The Morgan fingerprint density at radius 2 is 1.72 bits per heavy atom. The van der Waals surface area contributed by atoms with Gasteiger partial charge in [-0.1, -0.05) is 17.7 Å². The largest absolute Gasteiger partial charge is 0.493 e. The molecule has 0 aliphatic heterocycles. The highest BCUT2D eigenvalue weighted by Crippen LogP contribution is 2.12. The first kappa shape index (κ1) is 18.4. The van der Waals surface area contributed by atoms with Gasteiger partial charge in [-0.15, -0.1) is 0 Å². The van der Waals surface area contributed by atoms with Crippen LogP contribution < -0.4 is 10.1 Å². The van der Waals surface area contributed by atoms with Crippen LogP contribution in [0.1, 0.15) is 18.9 Å². The van der Waals surface area contributed by atoms with Crippen LogP contribution in [-0.4, -0.2) is 24.6 Å². The maximum atomic E-state index is 12.8. The van der Waals surface area contributed by atoms with Crippen molar-refractivity contribution < 1.29 is 23.5 Å². The standard InChI is InChI=1S/C19H20FNO4/c1-13-3-9-17(10-4-13)24-12-11-18(22)25-14(2)19(23)21-16-7-5-15(20)6-8-16/h3-10,14H,11-12H2,1-2H3,(H,21,23)/t14-/m0/s1. The summed E-state index contributed by atoms with van der Waals surface area (Å²) in [4.78, 5) is 23.7. The molecule has 1 N–H and O–H groups in total. The molecule has 0 bridgehead atoms. The van der Waals surface area contributed by atoms with E-state index in [1.807, 2.05) is 31.2 Å². The maximum absolute atomic E-state index is 12.8. The van der Waals surface area contributed by atoms with Crippen molar-refractivity contribution in [3.63, 3.8) is 0 Å². The van der Waals surface area contributed by atoms with E-state index in [1.54, 1.807) is 0 Å². The smallest absolute Gasteiger partial charge is 0.310 e. The Labute approximate surface area is 145 Å². The fourth-order valence-corrected chi connectivity index (χ4v) is 1.97. The van der Waals surface area contributed by atoms with Gasteiger partial charge in [0.15, 0.2) is 6.10 Å². The van der Waals surface area contributed by atoms with E-state index < -0.39 is 23.8 Å². The fourth-order valence-electron chi connectivity index (χ4n) is 1.97. The molecule has 5 nitrogen and oxygen atoms in total. The summed E-state index contributed by atoms with van der Waals surface area (Å²) in [5.41, 5.74) is 1.55. The predicted octanol–water partition coefficient (Wildman–Crippen LogP) is 3.47. The number of carbonyl (C=O) groups excluding carboxylic acids is 2. The van der Waals surface area contributed by atoms with Crippen LogP contribution in [0.2, 0.25) is 0 Å². The van der Waals surface area contributed by atoms with Crippen molar-refractivity contribution in [3.05, 3.63) is 59.9 Å². The fraction of sp³-hybridized carbons (Fsp3) is 0.263. The Hall–Kier alpha value is -2.89. The molecule has 2 aromatic carbocycles. The van der Waals surface area contributed by atoms with Crippen LogP contribution in [0.15, 0.2) is 48.5 Å². The van der Waals surface area contributed by atoms with Crippen molar-refractivity contribution >= 4 is 17.6 Å². The van der Waals surface area contributed by atoms with Gasteiger partial charge in [0.2, 0.25) is 0 Å². The van der Waals surface area contributed by atoms with E-state index in [0.717, 1.165) is 5.56 Å².